The van der Waals surface area contributed by atoms with Gasteiger partial charge >= 0.3 is 0 Å². The summed E-state index contributed by atoms with van der Waals surface area (Å²) in [6.07, 6.45) is 1.48. The Kier molecular flexibility index (Phi) is 3.66. The molecule has 0 unspecified atom stereocenters. The third-order valence-corrected chi connectivity index (χ3v) is 2.73. The summed E-state index contributed by atoms with van der Waals surface area (Å²) < 4.78 is 5.53. The van der Waals surface area contributed by atoms with Crippen LogP contribution in [0.4, 0.5) is 5.69 Å². The summed E-state index contributed by atoms with van der Waals surface area (Å²) in [5, 5.41) is 7.32. The van der Waals surface area contributed by atoms with Gasteiger partial charge < -0.3 is 10.5 Å². The highest BCUT2D eigenvalue weighted by Crippen LogP contribution is 2.20. The third-order valence-electron chi connectivity index (χ3n) is 1.89. The Morgan fingerprint density at radius 2 is 2.25 bits per heavy atom. The molecule has 1 aromatic carbocycles. The zero-order valence-electron chi connectivity index (χ0n) is 8.59. The number of ether oxygens (including phenoxy) is 1. The number of nitrogen functional groups attached to an aromatic ring is 1. The van der Waals surface area contributed by atoms with Crippen molar-refractivity contribution in [1.29, 1.82) is 0 Å². The molecule has 0 fully saturated rings. The molecule has 1 aromatic heterocycles. The van der Waals surface area contributed by atoms with Crippen LogP contribution in [0.15, 0.2) is 35.7 Å². The molecule has 0 spiro atoms. The molecule has 2 aromatic rings. The predicted molar refractivity (Wildman–Crippen MR) is 63.5 cm³/mol. The van der Waals surface area contributed by atoms with Crippen molar-refractivity contribution < 1.29 is 4.74 Å². The van der Waals surface area contributed by atoms with Gasteiger partial charge in [0, 0.05) is 5.75 Å². The Morgan fingerprint density at radius 3 is 3.00 bits per heavy atom. The Bertz CT molecular complexity index is 432. The summed E-state index contributed by atoms with van der Waals surface area (Å²) in [6, 6.07) is 7.45. The highest BCUT2D eigenvalue weighted by atomic mass is 32.2. The van der Waals surface area contributed by atoms with Gasteiger partial charge in [0.2, 0.25) is 0 Å². The first-order chi connectivity index (χ1) is 7.86. The van der Waals surface area contributed by atoms with E-state index in [0.29, 0.717) is 12.3 Å². The molecular formula is C10H12N4OS. The van der Waals surface area contributed by atoms with Crippen LogP contribution in [0, 0.1) is 0 Å². The van der Waals surface area contributed by atoms with Crippen LogP contribution >= 0.6 is 11.8 Å². The normalized spacial score (nSPS) is 10.2. The monoisotopic (exact) mass is 236 g/mol. The van der Waals surface area contributed by atoms with E-state index in [1.54, 1.807) is 11.8 Å². The zero-order chi connectivity index (χ0) is 11.2. The molecule has 6 heteroatoms. The summed E-state index contributed by atoms with van der Waals surface area (Å²) >= 11 is 1.56. The van der Waals surface area contributed by atoms with Crippen molar-refractivity contribution >= 4 is 17.4 Å². The molecule has 0 saturated heterocycles. The maximum Gasteiger partial charge on any atom is 0.183 e. The molecular weight excluding hydrogens is 224 g/mol. The second-order valence-electron chi connectivity index (χ2n) is 3.03. The van der Waals surface area contributed by atoms with Crippen LogP contribution < -0.4 is 10.5 Å². The van der Waals surface area contributed by atoms with Gasteiger partial charge in [0.05, 0.1) is 12.3 Å². The van der Waals surface area contributed by atoms with Gasteiger partial charge in [-0.3, -0.25) is 5.10 Å². The number of nitrogens with one attached hydrogen (secondary N) is 1. The smallest absolute Gasteiger partial charge is 0.183 e. The quantitative estimate of drug-likeness (QED) is 0.468. The maximum absolute atomic E-state index is 5.74. The van der Waals surface area contributed by atoms with E-state index in [2.05, 4.69) is 15.2 Å². The van der Waals surface area contributed by atoms with Crippen molar-refractivity contribution in [2.24, 2.45) is 0 Å². The van der Waals surface area contributed by atoms with E-state index >= 15 is 0 Å². The van der Waals surface area contributed by atoms with E-state index in [1.165, 1.54) is 6.33 Å². The highest BCUT2D eigenvalue weighted by molar-refractivity contribution is 7.99. The summed E-state index contributed by atoms with van der Waals surface area (Å²) in [4.78, 5) is 3.99. The fourth-order valence-corrected chi connectivity index (χ4v) is 1.76. The van der Waals surface area contributed by atoms with E-state index in [-0.39, 0.29) is 0 Å². The predicted octanol–water partition coefficient (Wildman–Crippen LogP) is 1.56. The van der Waals surface area contributed by atoms with Gasteiger partial charge in [-0.15, -0.1) is 0 Å². The number of rotatable bonds is 5. The average Bonchev–Trinajstić information content (AvgIpc) is 2.79. The summed E-state index contributed by atoms with van der Waals surface area (Å²) in [6.45, 7) is 0.583. The lowest BCUT2D eigenvalue weighted by Crippen LogP contribution is -2.02. The number of H-pyrrole nitrogens is 1. The van der Waals surface area contributed by atoms with E-state index in [0.717, 1.165) is 16.7 Å². The number of aromatic amines is 1. The average molecular weight is 236 g/mol. The van der Waals surface area contributed by atoms with E-state index in [1.807, 2.05) is 24.3 Å². The number of hydrogen-bond acceptors (Lipinski definition) is 5. The van der Waals surface area contributed by atoms with Crippen LogP contribution in [0.25, 0.3) is 0 Å². The van der Waals surface area contributed by atoms with Crippen molar-refractivity contribution in [3.63, 3.8) is 0 Å². The van der Waals surface area contributed by atoms with Gasteiger partial charge in [0.15, 0.2) is 5.16 Å². The van der Waals surface area contributed by atoms with Gasteiger partial charge in [-0.2, -0.15) is 5.10 Å². The Morgan fingerprint density at radius 1 is 1.38 bits per heavy atom. The first-order valence-electron chi connectivity index (χ1n) is 4.82. The largest absolute Gasteiger partial charge is 0.491 e. The zero-order valence-corrected chi connectivity index (χ0v) is 9.41. The van der Waals surface area contributed by atoms with Crippen LogP contribution in [0.5, 0.6) is 5.75 Å². The molecule has 0 amide bonds. The van der Waals surface area contributed by atoms with Crippen molar-refractivity contribution in [2.45, 2.75) is 5.16 Å². The molecule has 0 aliphatic rings. The van der Waals surface area contributed by atoms with Gasteiger partial charge in [-0.05, 0) is 12.1 Å². The second-order valence-corrected chi connectivity index (χ2v) is 4.11. The van der Waals surface area contributed by atoms with Crippen molar-refractivity contribution in [3.05, 3.63) is 30.6 Å². The van der Waals surface area contributed by atoms with Gasteiger partial charge in [-0.25, -0.2) is 4.98 Å². The standard InChI is InChI=1S/C10H12N4OS/c11-8-3-1-2-4-9(8)15-5-6-16-10-12-7-13-14-10/h1-4,7H,5-6,11H2,(H,12,13,14). The molecule has 0 aliphatic carbocycles. The van der Waals surface area contributed by atoms with Crippen LogP contribution in [-0.2, 0) is 0 Å². The molecule has 0 radical (unpaired) electrons. The molecule has 1 heterocycles. The van der Waals surface area contributed by atoms with Crippen molar-refractivity contribution in [2.75, 3.05) is 18.1 Å². The maximum atomic E-state index is 5.74. The number of aromatic nitrogens is 3. The minimum absolute atomic E-state index is 0.583. The van der Waals surface area contributed by atoms with E-state index in [4.69, 9.17) is 10.5 Å². The van der Waals surface area contributed by atoms with E-state index < -0.39 is 0 Å². The number of thioether (sulfide) groups is 1. The Balaban J connectivity index is 1.74. The molecule has 3 N–H and O–H groups in total. The number of nitrogens with zero attached hydrogens (tertiary/aromatic N) is 2. The van der Waals surface area contributed by atoms with Gasteiger partial charge in [-0.1, -0.05) is 23.9 Å². The molecule has 2 rings (SSSR count). The lowest BCUT2D eigenvalue weighted by Gasteiger charge is -2.07. The molecule has 0 bridgehead atoms. The molecule has 0 aliphatic heterocycles. The molecule has 5 nitrogen and oxygen atoms in total. The number of nitrogens with two attached hydrogens (primary N) is 1. The topological polar surface area (TPSA) is 76.8 Å². The third kappa shape index (κ3) is 2.90. The van der Waals surface area contributed by atoms with E-state index in [9.17, 15) is 0 Å². The van der Waals surface area contributed by atoms with Gasteiger partial charge in [0.1, 0.15) is 12.1 Å². The van der Waals surface area contributed by atoms with Crippen LogP contribution in [-0.4, -0.2) is 27.5 Å². The number of anilines is 1. The lowest BCUT2D eigenvalue weighted by atomic mass is 10.3. The minimum Gasteiger partial charge on any atom is -0.491 e. The number of hydrogen-bond donors (Lipinski definition) is 2. The van der Waals surface area contributed by atoms with Crippen LogP contribution in [0.3, 0.4) is 0 Å². The summed E-state index contributed by atoms with van der Waals surface area (Å²) in [7, 11) is 0. The van der Waals surface area contributed by atoms with Crippen LogP contribution in [0.1, 0.15) is 0 Å². The summed E-state index contributed by atoms with van der Waals surface area (Å²) in [5.74, 6) is 1.52. The Labute approximate surface area is 97.4 Å². The highest BCUT2D eigenvalue weighted by Gasteiger charge is 1.99. The fraction of sp³-hybridized carbons (Fsp3) is 0.200. The molecule has 84 valence electrons. The van der Waals surface area contributed by atoms with Crippen molar-refractivity contribution in [1.82, 2.24) is 15.2 Å². The summed E-state index contributed by atoms with van der Waals surface area (Å²) in [5.41, 5.74) is 6.40. The number of para-hydroxylation sites is 2. The minimum atomic E-state index is 0.583. The number of benzene rings is 1. The first-order valence-corrected chi connectivity index (χ1v) is 5.80. The van der Waals surface area contributed by atoms with Crippen molar-refractivity contribution in [3.8, 4) is 5.75 Å². The molecule has 16 heavy (non-hydrogen) atoms. The van der Waals surface area contributed by atoms with Gasteiger partial charge in [0.25, 0.3) is 0 Å². The lowest BCUT2D eigenvalue weighted by molar-refractivity contribution is 0.345. The SMILES string of the molecule is Nc1ccccc1OCCSc1ncn[nH]1. The second kappa shape index (κ2) is 5.41. The van der Waals surface area contributed by atoms with Crippen LogP contribution in [0.2, 0.25) is 0 Å². The molecule has 0 atom stereocenters. The molecule has 0 saturated carbocycles. The Hall–Kier alpha value is -1.69. The first kappa shape index (κ1) is 10.8. The fourth-order valence-electron chi connectivity index (χ4n) is 1.17.